The van der Waals surface area contributed by atoms with Crippen molar-refractivity contribution < 1.29 is 8.42 Å². The minimum atomic E-state index is -3.08. The van der Waals surface area contributed by atoms with Crippen LogP contribution in [0.2, 0.25) is 0 Å². The Kier molecular flexibility index (Phi) is 1.95. The number of hydrogen-bond acceptors (Lipinski definition) is 4. The average molecular weight is 198 g/mol. The van der Waals surface area contributed by atoms with Crippen molar-refractivity contribution in [1.29, 1.82) is 0 Å². The predicted octanol–water partition coefficient (Wildman–Crippen LogP) is 0.671. The largest absolute Gasteiger partial charge is 0.383 e. The standard InChI is InChI=1S/C8H10N2O2S/c11-13(12)5-1-3-10-7-6-9-4-2-8(7)13/h2,4,6,10H,1,3,5H2. The topological polar surface area (TPSA) is 59.1 Å². The van der Waals surface area contributed by atoms with E-state index in [1.807, 2.05) is 0 Å². The van der Waals surface area contributed by atoms with Crippen LogP contribution >= 0.6 is 0 Å². The molecule has 70 valence electrons. The highest BCUT2D eigenvalue weighted by atomic mass is 32.2. The summed E-state index contributed by atoms with van der Waals surface area (Å²) in [5.74, 6) is 0.219. The van der Waals surface area contributed by atoms with E-state index in [2.05, 4.69) is 10.3 Å². The van der Waals surface area contributed by atoms with Crippen molar-refractivity contribution in [2.45, 2.75) is 11.3 Å². The highest BCUT2D eigenvalue weighted by Crippen LogP contribution is 2.23. The molecule has 0 aromatic carbocycles. The second-order valence-electron chi connectivity index (χ2n) is 2.97. The number of sulfone groups is 1. The van der Waals surface area contributed by atoms with Gasteiger partial charge in [-0.2, -0.15) is 0 Å². The summed E-state index contributed by atoms with van der Waals surface area (Å²) in [7, 11) is -3.08. The Balaban J connectivity index is 2.62. The van der Waals surface area contributed by atoms with Gasteiger partial charge in [0.2, 0.25) is 0 Å². The number of anilines is 1. The van der Waals surface area contributed by atoms with Crippen LogP contribution in [0.25, 0.3) is 0 Å². The Morgan fingerprint density at radius 2 is 2.31 bits per heavy atom. The molecule has 1 aromatic heterocycles. The number of nitrogens with one attached hydrogen (secondary N) is 1. The summed E-state index contributed by atoms with van der Waals surface area (Å²) in [4.78, 5) is 4.25. The van der Waals surface area contributed by atoms with Gasteiger partial charge in [0.25, 0.3) is 0 Å². The fourth-order valence-corrected chi connectivity index (χ4v) is 2.85. The number of rotatable bonds is 0. The third kappa shape index (κ3) is 1.51. The number of pyridine rings is 1. The molecule has 0 unspecified atom stereocenters. The maximum atomic E-state index is 11.6. The summed E-state index contributed by atoms with van der Waals surface area (Å²) < 4.78 is 23.3. The van der Waals surface area contributed by atoms with E-state index >= 15 is 0 Å². The molecule has 0 radical (unpaired) electrons. The van der Waals surface area contributed by atoms with Gasteiger partial charge in [-0.25, -0.2) is 8.42 Å². The van der Waals surface area contributed by atoms with Crippen molar-refractivity contribution in [2.24, 2.45) is 0 Å². The average Bonchev–Trinajstić information content (AvgIpc) is 2.26. The lowest BCUT2D eigenvalue weighted by atomic mass is 10.4. The first-order valence-electron chi connectivity index (χ1n) is 4.11. The molecule has 0 saturated carbocycles. The molecule has 1 N–H and O–H groups in total. The Morgan fingerprint density at radius 3 is 3.15 bits per heavy atom. The zero-order valence-corrected chi connectivity index (χ0v) is 7.84. The molecule has 0 aliphatic carbocycles. The number of hydrogen-bond donors (Lipinski definition) is 1. The molecule has 0 atom stereocenters. The van der Waals surface area contributed by atoms with Crippen molar-refractivity contribution in [3.8, 4) is 0 Å². The fraction of sp³-hybridized carbons (Fsp3) is 0.375. The quantitative estimate of drug-likeness (QED) is 0.665. The van der Waals surface area contributed by atoms with Gasteiger partial charge in [-0.05, 0) is 12.5 Å². The Labute approximate surface area is 76.9 Å². The molecule has 1 aliphatic heterocycles. The molecular formula is C8H10N2O2S. The summed E-state index contributed by atoms with van der Waals surface area (Å²) in [5, 5.41) is 3.04. The number of nitrogens with zero attached hydrogens (tertiary/aromatic N) is 1. The number of aromatic nitrogens is 1. The van der Waals surface area contributed by atoms with Crippen LogP contribution in [-0.4, -0.2) is 25.7 Å². The van der Waals surface area contributed by atoms with E-state index in [1.165, 1.54) is 6.20 Å². The molecule has 0 saturated heterocycles. The van der Waals surface area contributed by atoms with Gasteiger partial charge in [0.1, 0.15) is 0 Å². The summed E-state index contributed by atoms with van der Waals surface area (Å²) in [6.07, 6.45) is 3.71. The summed E-state index contributed by atoms with van der Waals surface area (Å²) in [6.45, 7) is 0.692. The van der Waals surface area contributed by atoms with E-state index in [-0.39, 0.29) is 5.75 Å². The van der Waals surface area contributed by atoms with Crippen LogP contribution in [-0.2, 0) is 9.84 Å². The number of fused-ring (bicyclic) bond motifs is 1. The molecule has 1 aliphatic rings. The van der Waals surface area contributed by atoms with Gasteiger partial charge in [-0.3, -0.25) is 4.98 Å². The highest BCUT2D eigenvalue weighted by Gasteiger charge is 2.20. The van der Waals surface area contributed by atoms with Gasteiger partial charge in [0, 0.05) is 12.7 Å². The second kappa shape index (κ2) is 2.99. The van der Waals surface area contributed by atoms with Crippen LogP contribution in [0.15, 0.2) is 23.4 Å². The smallest absolute Gasteiger partial charge is 0.180 e. The van der Waals surface area contributed by atoms with Crippen molar-refractivity contribution in [3.05, 3.63) is 18.5 Å². The zero-order chi connectivity index (χ0) is 9.31. The van der Waals surface area contributed by atoms with E-state index in [0.717, 1.165) is 0 Å². The maximum Gasteiger partial charge on any atom is 0.180 e. The Morgan fingerprint density at radius 1 is 1.46 bits per heavy atom. The second-order valence-corrected chi connectivity index (χ2v) is 5.05. The molecule has 5 heteroatoms. The molecule has 0 amide bonds. The molecule has 0 fully saturated rings. The van der Waals surface area contributed by atoms with E-state index < -0.39 is 9.84 Å². The molecule has 13 heavy (non-hydrogen) atoms. The molecule has 1 aromatic rings. The van der Waals surface area contributed by atoms with Crippen LogP contribution in [0, 0.1) is 0 Å². The lowest BCUT2D eigenvalue weighted by Gasteiger charge is -2.04. The third-order valence-corrected chi connectivity index (χ3v) is 3.87. The van der Waals surface area contributed by atoms with Crippen molar-refractivity contribution >= 4 is 15.5 Å². The summed E-state index contributed by atoms with van der Waals surface area (Å²) >= 11 is 0. The molecule has 2 heterocycles. The lowest BCUT2D eigenvalue weighted by Crippen LogP contribution is -2.05. The first-order valence-corrected chi connectivity index (χ1v) is 5.76. The summed E-state index contributed by atoms with van der Waals surface area (Å²) in [5.41, 5.74) is 0.625. The maximum absolute atomic E-state index is 11.6. The molecule has 4 nitrogen and oxygen atoms in total. The SMILES string of the molecule is O=S1(=O)CCCNc2cnccc21. The van der Waals surface area contributed by atoms with E-state index in [9.17, 15) is 8.42 Å². The van der Waals surface area contributed by atoms with Crippen molar-refractivity contribution in [3.63, 3.8) is 0 Å². The minimum absolute atomic E-state index is 0.219. The third-order valence-electron chi connectivity index (χ3n) is 2.02. The highest BCUT2D eigenvalue weighted by molar-refractivity contribution is 7.91. The van der Waals surface area contributed by atoms with Gasteiger partial charge < -0.3 is 5.32 Å². The van der Waals surface area contributed by atoms with Gasteiger partial charge in [-0.15, -0.1) is 0 Å². The summed E-state index contributed by atoms with van der Waals surface area (Å²) in [6, 6.07) is 1.54. The predicted molar refractivity (Wildman–Crippen MR) is 49.4 cm³/mol. The Hall–Kier alpha value is -1.10. The van der Waals surface area contributed by atoms with Gasteiger partial charge in [0.05, 0.1) is 22.5 Å². The van der Waals surface area contributed by atoms with Crippen LogP contribution in [0.1, 0.15) is 6.42 Å². The van der Waals surface area contributed by atoms with Crippen LogP contribution in [0.3, 0.4) is 0 Å². The molecule has 2 rings (SSSR count). The van der Waals surface area contributed by atoms with Gasteiger partial charge in [-0.1, -0.05) is 0 Å². The van der Waals surface area contributed by atoms with E-state index in [0.29, 0.717) is 23.5 Å². The fourth-order valence-electron chi connectivity index (χ4n) is 1.38. The van der Waals surface area contributed by atoms with E-state index in [1.54, 1.807) is 12.3 Å². The van der Waals surface area contributed by atoms with Crippen LogP contribution < -0.4 is 5.32 Å². The van der Waals surface area contributed by atoms with E-state index in [4.69, 9.17) is 0 Å². The van der Waals surface area contributed by atoms with Gasteiger partial charge >= 0.3 is 0 Å². The lowest BCUT2D eigenvalue weighted by molar-refractivity contribution is 0.596. The zero-order valence-electron chi connectivity index (χ0n) is 7.03. The minimum Gasteiger partial charge on any atom is -0.383 e. The van der Waals surface area contributed by atoms with Crippen LogP contribution in [0.4, 0.5) is 5.69 Å². The molecule has 0 bridgehead atoms. The molecule has 0 spiro atoms. The van der Waals surface area contributed by atoms with Crippen LogP contribution in [0.5, 0.6) is 0 Å². The monoisotopic (exact) mass is 198 g/mol. The first kappa shape index (κ1) is 8.50. The van der Waals surface area contributed by atoms with Crippen molar-refractivity contribution in [2.75, 3.05) is 17.6 Å². The normalized spacial score (nSPS) is 19.7. The van der Waals surface area contributed by atoms with Gasteiger partial charge in [0.15, 0.2) is 9.84 Å². The Bertz CT molecular complexity index is 414. The first-order chi connectivity index (χ1) is 6.20. The van der Waals surface area contributed by atoms with Crippen molar-refractivity contribution in [1.82, 2.24) is 4.98 Å². The molecular weight excluding hydrogens is 188 g/mol.